The molecule has 2 heterocycles. The van der Waals surface area contributed by atoms with Gasteiger partial charge in [0, 0.05) is 32.4 Å². The highest BCUT2D eigenvalue weighted by Gasteiger charge is 2.40. The van der Waals surface area contributed by atoms with Crippen LogP contribution in [0.4, 0.5) is 0 Å². The minimum atomic E-state index is 0.462. The van der Waals surface area contributed by atoms with Crippen LogP contribution in [0.25, 0.3) is 0 Å². The van der Waals surface area contributed by atoms with Crippen LogP contribution in [0.5, 0.6) is 0 Å². The summed E-state index contributed by atoms with van der Waals surface area (Å²) < 4.78 is 7.64. The van der Waals surface area contributed by atoms with E-state index in [2.05, 4.69) is 16.5 Å². The van der Waals surface area contributed by atoms with Crippen LogP contribution < -0.4 is 5.32 Å². The molecule has 2 unspecified atom stereocenters. The van der Waals surface area contributed by atoms with E-state index in [0.29, 0.717) is 12.1 Å². The van der Waals surface area contributed by atoms with Crippen molar-refractivity contribution in [2.24, 2.45) is 13.0 Å². The number of aromatic nitrogens is 2. The molecule has 1 aliphatic carbocycles. The van der Waals surface area contributed by atoms with Crippen molar-refractivity contribution >= 4 is 0 Å². The van der Waals surface area contributed by atoms with Crippen LogP contribution in [0.15, 0.2) is 12.3 Å². The lowest BCUT2D eigenvalue weighted by atomic mass is 10.1. The Bertz CT molecular complexity index is 359. The Morgan fingerprint density at radius 1 is 1.50 bits per heavy atom. The maximum Gasteiger partial charge on any atom is 0.0762 e. The molecule has 0 radical (unpaired) electrons. The lowest BCUT2D eigenvalue weighted by Gasteiger charge is -2.18. The topological polar surface area (TPSA) is 39.1 Å². The molecule has 16 heavy (non-hydrogen) atoms. The zero-order valence-corrected chi connectivity index (χ0v) is 9.72. The van der Waals surface area contributed by atoms with Crippen LogP contribution in [0.3, 0.4) is 0 Å². The minimum absolute atomic E-state index is 0.462. The molecular weight excluding hydrogens is 202 g/mol. The largest absolute Gasteiger partial charge is 0.376 e. The van der Waals surface area contributed by atoms with E-state index in [1.165, 1.54) is 12.8 Å². The molecule has 2 atom stereocenters. The fourth-order valence-electron chi connectivity index (χ4n) is 2.51. The molecule has 0 aromatic carbocycles. The molecule has 0 bridgehead atoms. The van der Waals surface area contributed by atoms with E-state index in [9.17, 15) is 0 Å². The molecule has 1 aromatic rings. The minimum Gasteiger partial charge on any atom is -0.376 e. The number of hydrogen-bond donors (Lipinski definition) is 1. The average Bonchev–Trinajstić information content (AvgIpc) is 2.86. The van der Waals surface area contributed by atoms with E-state index >= 15 is 0 Å². The van der Waals surface area contributed by atoms with E-state index in [-0.39, 0.29) is 0 Å². The van der Waals surface area contributed by atoms with Crippen molar-refractivity contribution in [2.45, 2.75) is 38.0 Å². The van der Waals surface area contributed by atoms with Gasteiger partial charge in [-0.05, 0) is 31.2 Å². The molecule has 1 saturated carbocycles. The highest BCUT2D eigenvalue weighted by molar-refractivity contribution is 5.00. The van der Waals surface area contributed by atoms with Gasteiger partial charge >= 0.3 is 0 Å². The maximum absolute atomic E-state index is 5.80. The van der Waals surface area contributed by atoms with Crippen LogP contribution in [-0.2, 0) is 18.3 Å². The van der Waals surface area contributed by atoms with Gasteiger partial charge in [0.15, 0.2) is 0 Å². The molecule has 3 rings (SSSR count). The molecule has 4 nitrogen and oxygen atoms in total. The summed E-state index contributed by atoms with van der Waals surface area (Å²) >= 11 is 0. The highest BCUT2D eigenvalue weighted by Crippen LogP contribution is 2.38. The molecule has 1 N–H and O–H groups in total. The third-order valence-corrected chi connectivity index (χ3v) is 3.54. The van der Waals surface area contributed by atoms with Crippen molar-refractivity contribution in [3.8, 4) is 0 Å². The second kappa shape index (κ2) is 4.18. The third-order valence-electron chi connectivity index (χ3n) is 3.54. The zero-order chi connectivity index (χ0) is 11.0. The first-order chi connectivity index (χ1) is 7.83. The first kappa shape index (κ1) is 10.3. The summed E-state index contributed by atoms with van der Waals surface area (Å²) in [6.07, 6.45) is 6.30. The smallest absolute Gasteiger partial charge is 0.0762 e. The predicted molar refractivity (Wildman–Crippen MR) is 60.9 cm³/mol. The van der Waals surface area contributed by atoms with Crippen molar-refractivity contribution in [1.29, 1.82) is 0 Å². The Balaban J connectivity index is 1.54. The summed E-state index contributed by atoms with van der Waals surface area (Å²) in [7, 11) is 1.95. The summed E-state index contributed by atoms with van der Waals surface area (Å²) in [6.45, 7) is 1.78. The quantitative estimate of drug-likeness (QED) is 0.827. The van der Waals surface area contributed by atoms with Gasteiger partial charge < -0.3 is 10.1 Å². The number of hydrogen-bond acceptors (Lipinski definition) is 3. The molecule has 0 amide bonds. The fraction of sp³-hybridized carbons (Fsp3) is 0.750. The summed E-state index contributed by atoms with van der Waals surface area (Å²) in [5.74, 6) is 0.823. The Kier molecular flexibility index (Phi) is 2.69. The van der Waals surface area contributed by atoms with Gasteiger partial charge in [0.2, 0.25) is 0 Å². The van der Waals surface area contributed by atoms with Gasteiger partial charge in [0.1, 0.15) is 0 Å². The number of ether oxygens (including phenoxy) is 1. The maximum atomic E-state index is 5.80. The second-order valence-corrected chi connectivity index (χ2v) is 4.93. The van der Waals surface area contributed by atoms with Crippen molar-refractivity contribution in [3.05, 3.63) is 18.0 Å². The summed E-state index contributed by atoms with van der Waals surface area (Å²) in [5, 5.41) is 7.95. The summed E-state index contributed by atoms with van der Waals surface area (Å²) in [6, 6.07) is 2.60. The molecule has 4 heteroatoms. The Morgan fingerprint density at radius 3 is 3.06 bits per heavy atom. The normalized spacial score (nSPS) is 29.8. The van der Waals surface area contributed by atoms with Crippen LogP contribution in [-0.4, -0.2) is 28.5 Å². The molecule has 0 spiro atoms. The summed E-state index contributed by atoms with van der Waals surface area (Å²) in [5.41, 5.74) is 1.11. The van der Waals surface area contributed by atoms with Crippen LogP contribution >= 0.6 is 0 Å². The molecular formula is C12H19N3O. The fourth-order valence-corrected chi connectivity index (χ4v) is 2.51. The molecule has 2 aliphatic rings. The van der Waals surface area contributed by atoms with E-state index < -0.39 is 0 Å². The van der Waals surface area contributed by atoms with Gasteiger partial charge in [-0.15, -0.1) is 0 Å². The zero-order valence-electron chi connectivity index (χ0n) is 9.72. The predicted octanol–water partition coefficient (Wildman–Crippen LogP) is 1.08. The Morgan fingerprint density at radius 2 is 2.38 bits per heavy atom. The van der Waals surface area contributed by atoms with Gasteiger partial charge in [-0.25, -0.2) is 0 Å². The average molecular weight is 221 g/mol. The van der Waals surface area contributed by atoms with Crippen molar-refractivity contribution < 1.29 is 4.74 Å². The molecule has 2 fully saturated rings. The van der Waals surface area contributed by atoms with E-state index in [1.54, 1.807) is 0 Å². The van der Waals surface area contributed by atoms with Crippen molar-refractivity contribution in [1.82, 2.24) is 15.1 Å². The molecule has 1 aromatic heterocycles. The first-order valence-corrected chi connectivity index (χ1v) is 6.16. The van der Waals surface area contributed by atoms with Gasteiger partial charge in [0.25, 0.3) is 0 Å². The monoisotopic (exact) mass is 221 g/mol. The molecule has 88 valence electrons. The Labute approximate surface area is 96.0 Å². The third kappa shape index (κ3) is 2.13. The standard InChI is InChI=1S/C12H19N3O/c1-15-6-4-10(14-15)8-13-11-5-7-16-12(11)9-2-3-9/h4,6,9,11-13H,2-3,5,7-8H2,1H3. The van der Waals surface area contributed by atoms with Crippen molar-refractivity contribution in [2.75, 3.05) is 6.61 Å². The first-order valence-electron chi connectivity index (χ1n) is 6.16. The SMILES string of the molecule is Cn1ccc(CNC2CCOC2C2CC2)n1. The van der Waals surface area contributed by atoms with Crippen LogP contribution in [0.2, 0.25) is 0 Å². The van der Waals surface area contributed by atoms with Gasteiger partial charge in [-0.1, -0.05) is 0 Å². The van der Waals surface area contributed by atoms with E-state index in [4.69, 9.17) is 4.74 Å². The van der Waals surface area contributed by atoms with Crippen LogP contribution in [0.1, 0.15) is 25.0 Å². The number of rotatable bonds is 4. The lowest BCUT2D eigenvalue weighted by Crippen LogP contribution is -2.37. The number of aryl methyl sites for hydroxylation is 1. The van der Waals surface area contributed by atoms with E-state index in [0.717, 1.165) is 31.2 Å². The van der Waals surface area contributed by atoms with Gasteiger partial charge in [-0.3, -0.25) is 4.68 Å². The van der Waals surface area contributed by atoms with Gasteiger partial charge in [-0.2, -0.15) is 5.10 Å². The van der Waals surface area contributed by atoms with E-state index in [1.807, 2.05) is 17.9 Å². The molecule has 1 aliphatic heterocycles. The second-order valence-electron chi connectivity index (χ2n) is 4.93. The van der Waals surface area contributed by atoms with Gasteiger partial charge in [0.05, 0.1) is 11.8 Å². The Hall–Kier alpha value is -0.870. The highest BCUT2D eigenvalue weighted by atomic mass is 16.5. The lowest BCUT2D eigenvalue weighted by molar-refractivity contribution is 0.0808. The van der Waals surface area contributed by atoms with Crippen LogP contribution in [0, 0.1) is 5.92 Å². The molecule has 1 saturated heterocycles. The number of nitrogens with zero attached hydrogens (tertiary/aromatic N) is 2. The number of nitrogens with one attached hydrogen (secondary N) is 1. The summed E-state index contributed by atoms with van der Waals surface area (Å²) in [4.78, 5) is 0. The van der Waals surface area contributed by atoms with Crippen molar-refractivity contribution in [3.63, 3.8) is 0 Å².